The van der Waals surface area contributed by atoms with Crippen molar-refractivity contribution in [3.63, 3.8) is 0 Å². The molecule has 2 N–H and O–H groups in total. The maximum atomic E-state index is 13.3. The van der Waals surface area contributed by atoms with Gasteiger partial charge in [-0.3, -0.25) is 0 Å². The van der Waals surface area contributed by atoms with Gasteiger partial charge in [0.2, 0.25) is 10.0 Å². The Morgan fingerprint density at radius 3 is 2.71 bits per heavy atom. The number of aromatic nitrogens is 1. The first kappa shape index (κ1) is 25.9. The van der Waals surface area contributed by atoms with E-state index in [1.807, 2.05) is 36.6 Å². The van der Waals surface area contributed by atoms with E-state index in [0.717, 1.165) is 44.6 Å². The van der Waals surface area contributed by atoms with Crippen LogP contribution in [0.3, 0.4) is 0 Å². The van der Waals surface area contributed by atoms with Crippen molar-refractivity contribution < 1.29 is 13.2 Å². The lowest BCUT2D eigenvalue weighted by Gasteiger charge is -2.20. The molecule has 0 spiro atoms. The summed E-state index contributed by atoms with van der Waals surface area (Å²) < 4.78 is 35.8. The maximum Gasteiger partial charge on any atom is 0.245 e. The van der Waals surface area contributed by atoms with E-state index in [2.05, 4.69) is 23.9 Å². The van der Waals surface area contributed by atoms with E-state index < -0.39 is 16.2 Å². The quantitative estimate of drug-likeness (QED) is 0.204. The number of unbranched alkanes of at least 4 members (excludes halogenated alkanes) is 1. The Hall–Kier alpha value is -2.17. The SMILES string of the molecule is CCCC[C@@H](Nc1nc(-c2sc3ccc(Cl)cc3c2C)cs1)NS(=O)(=O)c1cc(C)ccc1OC. The van der Waals surface area contributed by atoms with Crippen molar-refractivity contribution in [2.75, 3.05) is 12.4 Å². The number of hydrogen-bond donors (Lipinski definition) is 2. The number of thiophene rings is 1. The van der Waals surface area contributed by atoms with Gasteiger partial charge in [0.05, 0.1) is 23.8 Å². The third-order valence-corrected chi connectivity index (χ3v) is 9.48. The van der Waals surface area contributed by atoms with E-state index in [1.54, 1.807) is 23.5 Å². The summed E-state index contributed by atoms with van der Waals surface area (Å²) in [6.07, 6.45) is 1.92. The highest BCUT2D eigenvalue weighted by Gasteiger charge is 2.24. The fourth-order valence-corrected chi connectivity index (χ4v) is 7.43. The summed E-state index contributed by atoms with van der Waals surface area (Å²) in [6.45, 7) is 6.00. The molecule has 0 saturated heterocycles. The van der Waals surface area contributed by atoms with Crippen LogP contribution in [0.25, 0.3) is 20.7 Å². The number of anilines is 1. The van der Waals surface area contributed by atoms with E-state index >= 15 is 0 Å². The van der Waals surface area contributed by atoms with Crippen molar-refractivity contribution in [1.29, 1.82) is 0 Å². The number of fused-ring (bicyclic) bond motifs is 1. The molecule has 2 aromatic heterocycles. The number of halogens is 1. The van der Waals surface area contributed by atoms with Crippen molar-refractivity contribution in [1.82, 2.24) is 9.71 Å². The van der Waals surface area contributed by atoms with Crippen molar-refractivity contribution in [3.05, 3.63) is 57.9 Å². The number of nitrogens with zero attached hydrogens (tertiary/aromatic N) is 1. The van der Waals surface area contributed by atoms with Gasteiger partial charge in [0.15, 0.2) is 5.13 Å². The fourth-order valence-electron chi connectivity index (χ4n) is 3.84. The number of sulfonamides is 1. The Kier molecular flexibility index (Phi) is 8.02. The molecule has 1 atom stereocenters. The van der Waals surface area contributed by atoms with Gasteiger partial charge in [-0.1, -0.05) is 37.4 Å². The molecule has 6 nitrogen and oxygen atoms in total. The van der Waals surface area contributed by atoms with Crippen LogP contribution in [0, 0.1) is 13.8 Å². The number of methoxy groups -OCH3 is 1. The third-order valence-electron chi connectivity index (χ3n) is 5.69. The monoisotopic (exact) mass is 549 g/mol. The normalized spacial score (nSPS) is 12.7. The van der Waals surface area contributed by atoms with Crippen LogP contribution in [0.1, 0.15) is 37.3 Å². The van der Waals surface area contributed by atoms with Crippen LogP contribution < -0.4 is 14.8 Å². The van der Waals surface area contributed by atoms with Crippen molar-refractivity contribution in [3.8, 4) is 16.3 Å². The van der Waals surface area contributed by atoms with Gasteiger partial charge < -0.3 is 10.1 Å². The Morgan fingerprint density at radius 1 is 1.17 bits per heavy atom. The second-order valence-electron chi connectivity index (χ2n) is 8.35. The number of ether oxygens (including phenoxy) is 1. The largest absolute Gasteiger partial charge is 0.495 e. The van der Waals surface area contributed by atoms with E-state index in [0.29, 0.717) is 22.3 Å². The molecular weight excluding hydrogens is 522 g/mol. The zero-order chi connectivity index (χ0) is 25.2. The summed E-state index contributed by atoms with van der Waals surface area (Å²) in [5, 5.41) is 7.80. The maximum absolute atomic E-state index is 13.3. The van der Waals surface area contributed by atoms with Gasteiger partial charge in [0, 0.05) is 15.1 Å². The van der Waals surface area contributed by atoms with Crippen LogP contribution in [0.15, 0.2) is 46.7 Å². The minimum atomic E-state index is -3.82. The second-order valence-corrected chi connectivity index (χ2v) is 12.4. The highest BCUT2D eigenvalue weighted by atomic mass is 35.5. The molecule has 0 unspecified atom stereocenters. The smallest absolute Gasteiger partial charge is 0.245 e. The van der Waals surface area contributed by atoms with E-state index in [4.69, 9.17) is 21.3 Å². The zero-order valence-electron chi connectivity index (χ0n) is 20.0. The fraction of sp³-hybridized carbons (Fsp3) is 0.320. The van der Waals surface area contributed by atoms with E-state index in [9.17, 15) is 8.42 Å². The Balaban J connectivity index is 1.59. The number of hydrogen-bond acceptors (Lipinski definition) is 7. The van der Waals surface area contributed by atoms with Crippen LogP contribution >= 0.6 is 34.3 Å². The predicted molar refractivity (Wildman–Crippen MR) is 148 cm³/mol. The number of benzene rings is 2. The number of rotatable bonds is 10. The minimum absolute atomic E-state index is 0.127. The van der Waals surface area contributed by atoms with Gasteiger partial charge in [-0.2, -0.15) is 4.72 Å². The molecule has 0 aliphatic heterocycles. The Morgan fingerprint density at radius 2 is 1.97 bits per heavy atom. The average molecular weight is 550 g/mol. The molecule has 0 fully saturated rings. The predicted octanol–water partition coefficient (Wildman–Crippen LogP) is 7.21. The summed E-state index contributed by atoms with van der Waals surface area (Å²) in [6, 6.07) is 11.0. The molecule has 0 amide bonds. The number of thiazole rings is 1. The highest BCUT2D eigenvalue weighted by molar-refractivity contribution is 7.89. The minimum Gasteiger partial charge on any atom is -0.495 e. The van der Waals surface area contributed by atoms with E-state index in [1.165, 1.54) is 18.4 Å². The van der Waals surface area contributed by atoms with Crippen LogP contribution in [0.4, 0.5) is 5.13 Å². The van der Waals surface area contributed by atoms with Gasteiger partial charge in [0.1, 0.15) is 10.6 Å². The summed E-state index contributed by atoms with van der Waals surface area (Å²) >= 11 is 9.33. The zero-order valence-corrected chi connectivity index (χ0v) is 23.2. The first-order valence-electron chi connectivity index (χ1n) is 11.3. The summed E-state index contributed by atoms with van der Waals surface area (Å²) in [7, 11) is -2.35. The molecule has 4 rings (SSSR count). The number of aryl methyl sites for hydroxylation is 2. The number of nitrogens with one attached hydrogen (secondary N) is 2. The molecular formula is C25H28ClN3O3S3. The molecule has 0 saturated carbocycles. The van der Waals surface area contributed by atoms with Crippen LogP contribution in [-0.2, 0) is 10.0 Å². The third kappa shape index (κ3) is 5.81. The Labute approximate surface area is 219 Å². The van der Waals surface area contributed by atoms with Gasteiger partial charge in [-0.25, -0.2) is 13.4 Å². The molecule has 186 valence electrons. The van der Waals surface area contributed by atoms with Crippen molar-refractivity contribution in [2.45, 2.75) is 51.1 Å². The molecule has 10 heteroatoms. The summed E-state index contributed by atoms with van der Waals surface area (Å²) in [5.41, 5.74) is 2.85. The van der Waals surface area contributed by atoms with E-state index in [-0.39, 0.29) is 4.90 Å². The van der Waals surface area contributed by atoms with Gasteiger partial charge in [-0.05, 0) is 67.1 Å². The molecule has 0 radical (unpaired) electrons. The Bertz CT molecular complexity index is 1450. The van der Waals surface area contributed by atoms with Crippen LogP contribution in [-0.4, -0.2) is 26.7 Å². The lowest BCUT2D eigenvalue weighted by atomic mass is 10.1. The molecule has 2 heterocycles. The first-order chi connectivity index (χ1) is 16.7. The lowest BCUT2D eigenvalue weighted by Crippen LogP contribution is -2.40. The molecule has 4 aromatic rings. The van der Waals surface area contributed by atoms with Crippen molar-refractivity contribution in [2.24, 2.45) is 0 Å². The van der Waals surface area contributed by atoms with Gasteiger partial charge in [0.25, 0.3) is 0 Å². The molecule has 0 aliphatic carbocycles. The molecule has 35 heavy (non-hydrogen) atoms. The first-order valence-corrected chi connectivity index (χ1v) is 14.9. The van der Waals surface area contributed by atoms with Gasteiger partial charge in [-0.15, -0.1) is 22.7 Å². The molecule has 0 aliphatic rings. The molecule has 0 bridgehead atoms. The van der Waals surface area contributed by atoms with Crippen LogP contribution in [0.2, 0.25) is 5.02 Å². The van der Waals surface area contributed by atoms with Crippen LogP contribution in [0.5, 0.6) is 5.75 Å². The lowest BCUT2D eigenvalue weighted by molar-refractivity contribution is 0.401. The second kappa shape index (κ2) is 10.8. The topological polar surface area (TPSA) is 80.3 Å². The highest BCUT2D eigenvalue weighted by Crippen LogP contribution is 2.40. The molecule has 2 aromatic carbocycles. The average Bonchev–Trinajstić information content (AvgIpc) is 3.41. The van der Waals surface area contributed by atoms with Gasteiger partial charge >= 0.3 is 0 Å². The van der Waals surface area contributed by atoms with Crippen molar-refractivity contribution >= 4 is 59.5 Å². The summed E-state index contributed by atoms with van der Waals surface area (Å²) in [5.74, 6) is 0.314. The summed E-state index contributed by atoms with van der Waals surface area (Å²) in [4.78, 5) is 6.00. The standard InChI is InChI=1S/C25H28ClN3O3S3/c1-5-6-7-23(29-35(30,31)22-12-15(2)8-10-20(22)32-4)28-25-27-19(14-33-25)24-16(3)18-13-17(26)9-11-21(18)34-24/h8-14,23,29H,5-7H2,1-4H3,(H,27,28)/t23-/m0/s1.